The van der Waals surface area contributed by atoms with E-state index in [4.69, 9.17) is 5.73 Å². The molecule has 82 valence electrons. The van der Waals surface area contributed by atoms with Gasteiger partial charge in [0.15, 0.2) is 0 Å². The van der Waals surface area contributed by atoms with Crippen molar-refractivity contribution in [3.8, 4) is 0 Å². The molecule has 1 rings (SSSR count). The molecule has 0 saturated heterocycles. The van der Waals surface area contributed by atoms with Gasteiger partial charge in [0.1, 0.15) is 0 Å². The molecular weight excluding hydrogens is 192 g/mol. The van der Waals surface area contributed by atoms with Gasteiger partial charge in [-0.25, -0.2) is 0 Å². The molecular formula is C10H16N4O. The molecule has 1 amide bonds. The maximum Gasteiger partial charge on any atom is 0.239 e. The molecule has 5 heteroatoms. The molecule has 0 bridgehead atoms. The molecule has 0 unspecified atom stereocenters. The SMILES string of the molecule is CC(C)NC(=O)CNc1ccncc1N. The summed E-state index contributed by atoms with van der Waals surface area (Å²) in [5, 5.41) is 5.72. The number of amides is 1. The molecule has 0 aliphatic rings. The largest absolute Gasteiger partial charge is 0.396 e. The minimum absolute atomic E-state index is 0.0544. The van der Waals surface area contributed by atoms with E-state index in [0.717, 1.165) is 5.69 Å². The molecule has 0 aromatic carbocycles. The summed E-state index contributed by atoms with van der Waals surface area (Å²) in [4.78, 5) is 15.2. The summed E-state index contributed by atoms with van der Waals surface area (Å²) in [5.41, 5.74) is 6.91. The number of carbonyl (C=O) groups excluding carboxylic acids is 1. The van der Waals surface area contributed by atoms with Crippen molar-refractivity contribution < 1.29 is 4.79 Å². The zero-order valence-corrected chi connectivity index (χ0v) is 8.95. The van der Waals surface area contributed by atoms with E-state index in [-0.39, 0.29) is 18.5 Å². The fraction of sp³-hybridized carbons (Fsp3) is 0.400. The van der Waals surface area contributed by atoms with Crippen LogP contribution < -0.4 is 16.4 Å². The van der Waals surface area contributed by atoms with E-state index in [9.17, 15) is 4.79 Å². The van der Waals surface area contributed by atoms with Gasteiger partial charge in [-0.15, -0.1) is 0 Å². The van der Waals surface area contributed by atoms with Crippen LogP contribution in [0, 0.1) is 0 Å². The van der Waals surface area contributed by atoms with E-state index in [1.807, 2.05) is 13.8 Å². The first-order chi connectivity index (χ1) is 7.09. The number of anilines is 2. The normalized spacial score (nSPS) is 10.1. The van der Waals surface area contributed by atoms with Gasteiger partial charge in [-0.2, -0.15) is 0 Å². The first kappa shape index (κ1) is 11.3. The number of nitrogens with zero attached hydrogens (tertiary/aromatic N) is 1. The summed E-state index contributed by atoms with van der Waals surface area (Å²) in [6, 6.07) is 1.88. The Kier molecular flexibility index (Phi) is 3.91. The quantitative estimate of drug-likeness (QED) is 0.677. The summed E-state index contributed by atoms with van der Waals surface area (Å²) in [7, 11) is 0. The maximum absolute atomic E-state index is 11.3. The fourth-order valence-electron chi connectivity index (χ4n) is 1.12. The van der Waals surface area contributed by atoms with Gasteiger partial charge in [-0.05, 0) is 19.9 Å². The van der Waals surface area contributed by atoms with Gasteiger partial charge in [0.25, 0.3) is 0 Å². The topological polar surface area (TPSA) is 80.0 Å². The smallest absolute Gasteiger partial charge is 0.239 e. The van der Waals surface area contributed by atoms with E-state index >= 15 is 0 Å². The van der Waals surface area contributed by atoms with Gasteiger partial charge >= 0.3 is 0 Å². The zero-order chi connectivity index (χ0) is 11.3. The number of nitrogens with one attached hydrogen (secondary N) is 2. The van der Waals surface area contributed by atoms with E-state index in [0.29, 0.717) is 5.69 Å². The average molecular weight is 208 g/mol. The Hall–Kier alpha value is -1.78. The third kappa shape index (κ3) is 3.84. The van der Waals surface area contributed by atoms with Crippen molar-refractivity contribution in [3.63, 3.8) is 0 Å². The van der Waals surface area contributed by atoms with Crippen molar-refractivity contribution in [1.29, 1.82) is 0 Å². The molecule has 0 atom stereocenters. The van der Waals surface area contributed by atoms with Crippen LogP contribution >= 0.6 is 0 Å². The highest BCUT2D eigenvalue weighted by atomic mass is 16.1. The molecule has 1 aromatic rings. The van der Waals surface area contributed by atoms with Crippen molar-refractivity contribution in [1.82, 2.24) is 10.3 Å². The molecule has 0 spiro atoms. The number of nitrogens with two attached hydrogens (primary N) is 1. The van der Waals surface area contributed by atoms with Crippen LogP contribution in [-0.4, -0.2) is 23.5 Å². The molecule has 5 nitrogen and oxygen atoms in total. The van der Waals surface area contributed by atoms with Crippen molar-refractivity contribution in [2.24, 2.45) is 0 Å². The van der Waals surface area contributed by atoms with Crippen LogP contribution in [0.25, 0.3) is 0 Å². The second kappa shape index (κ2) is 5.19. The van der Waals surface area contributed by atoms with Gasteiger partial charge in [0.05, 0.1) is 24.1 Å². The minimum Gasteiger partial charge on any atom is -0.396 e. The van der Waals surface area contributed by atoms with E-state index in [1.54, 1.807) is 18.5 Å². The van der Waals surface area contributed by atoms with Crippen LogP contribution in [0.4, 0.5) is 11.4 Å². The highest BCUT2D eigenvalue weighted by molar-refractivity contribution is 5.82. The lowest BCUT2D eigenvalue weighted by molar-refractivity contribution is -0.119. The Bertz CT molecular complexity index is 338. The summed E-state index contributed by atoms with van der Waals surface area (Å²) in [6.07, 6.45) is 3.17. The van der Waals surface area contributed by atoms with Crippen molar-refractivity contribution in [3.05, 3.63) is 18.5 Å². The summed E-state index contributed by atoms with van der Waals surface area (Å²) >= 11 is 0. The first-order valence-electron chi connectivity index (χ1n) is 4.82. The van der Waals surface area contributed by atoms with Gasteiger partial charge in [0, 0.05) is 12.2 Å². The molecule has 4 N–H and O–H groups in total. The summed E-state index contributed by atoms with van der Waals surface area (Å²) < 4.78 is 0. The molecule has 1 aromatic heterocycles. The average Bonchev–Trinajstić information content (AvgIpc) is 2.15. The standard InChI is InChI=1S/C10H16N4O/c1-7(2)14-10(15)6-13-9-3-4-12-5-8(9)11/h3-5,7H,6,11H2,1-2H3,(H,12,13)(H,14,15). The van der Waals surface area contributed by atoms with Gasteiger partial charge < -0.3 is 16.4 Å². The number of nitrogen functional groups attached to an aromatic ring is 1. The third-order valence-electron chi connectivity index (χ3n) is 1.74. The minimum atomic E-state index is -0.0544. The molecule has 1 heterocycles. The van der Waals surface area contributed by atoms with Crippen LogP contribution in [0.1, 0.15) is 13.8 Å². The lowest BCUT2D eigenvalue weighted by Gasteiger charge is -2.10. The predicted molar refractivity (Wildman–Crippen MR) is 60.4 cm³/mol. The molecule has 0 radical (unpaired) electrons. The van der Waals surface area contributed by atoms with Gasteiger partial charge in [0.2, 0.25) is 5.91 Å². The monoisotopic (exact) mass is 208 g/mol. The Balaban J connectivity index is 2.44. The summed E-state index contributed by atoms with van der Waals surface area (Å²) in [5.74, 6) is -0.0544. The molecule has 0 aliphatic carbocycles. The number of pyridine rings is 1. The second-order valence-corrected chi connectivity index (χ2v) is 3.54. The number of aromatic nitrogens is 1. The first-order valence-corrected chi connectivity index (χ1v) is 4.82. The third-order valence-corrected chi connectivity index (χ3v) is 1.74. The maximum atomic E-state index is 11.3. The molecule has 0 saturated carbocycles. The Labute approximate surface area is 89.1 Å². The highest BCUT2D eigenvalue weighted by Gasteiger charge is 2.03. The van der Waals surface area contributed by atoms with E-state index < -0.39 is 0 Å². The predicted octanol–water partition coefficient (Wildman–Crippen LogP) is 0.600. The number of hydrogen-bond acceptors (Lipinski definition) is 4. The van der Waals surface area contributed by atoms with E-state index in [2.05, 4.69) is 15.6 Å². The highest BCUT2D eigenvalue weighted by Crippen LogP contribution is 2.14. The lowest BCUT2D eigenvalue weighted by atomic mass is 10.3. The Morgan fingerprint density at radius 1 is 1.60 bits per heavy atom. The van der Waals surface area contributed by atoms with Gasteiger partial charge in [-0.1, -0.05) is 0 Å². The Morgan fingerprint density at radius 2 is 2.33 bits per heavy atom. The number of rotatable bonds is 4. The molecule has 15 heavy (non-hydrogen) atoms. The zero-order valence-electron chi connectivity index (χ0n) is 8.95. The van der Waals surface area contributed by atoms with Crippen LogP contribution in [0.15, 0.2) is 18.5 Å². The summed E-state index contributed by atoms with van der Waals surface area (Å²) in [6.45, 7) is 4.05. The lowest BCUT2D eigenvalue weighted by Crippen LogP contribution is -2.34. The number of hydrogen-bond donors (Lipinski definition) is 3. The molecule has 0 fully saturated rings. The second-order valence-electron chi connectivity index (χ2n) is 3.54. The van der Waals surface area contributed by atoms with Crippen molar-refractivity contribution in [2.45, 2.75) is 19.9 Å². The van der Waals surface area contributed by atoms with Crippen LogP contribution in [-0.2, 0) is 4.79 Å². The van der Waals surface area contributed by atoms with Crippen LogP contribution in [0.2, 0.25) is 0 Å². The molecule has 0 aliphatic heterocycles. The van der Waals surface area contributed by atoms with Crippen LogP contribution in [0.3, 0.4) is 0 Å². The van der Waals surface area contributed by atoms with Gasteiger partial charge in [-0.3, -0.25) is 9.78 Å². The fourth-order valence-corrected chi connectivity index (χ4v) is 1.12. The van der Waals surface area contributed by atoms with Crippen molar-refractivity contribution in [2.75, 3.05) is 17.6 Å². The van der Waals surface area contributed by atoms with E-state index in [1.165, 1.54) is 0 Å². The van der Waals surface area contributed by atoms with Crippen molar-refractivity contribution >= 4 is 17.3 Å². The number of carbonyl (C=O) groups is 1. The van der Waals surface area contributed by atoms with Crippen LogP contribution in [0.5, 0.6) is 0 Å². The Morgan fingerprint density at radius 3 is 2.93 bits per heavy atom.